The maximum Gasteiger partial charge on any atom is 0.214 e. The molecule has 2 aliphatic rings. The van der Waals surface area contributed by atoms with Gasteiger partial charge in [-0.3, -0.25) is 0 Å². The third-order valence-corrected chi connectivity index (χ3v) is 6.02. The highest BCUT2D eigenvalue weighted by Gasteiger charge is 2.37. The molecular weight excluding hydrogens is 222 g/mol. The predicted octanol–water partition coefficient (Wildman–Crippen LogP) is 2.28. The standard InChI is InChI=1S/C12H23NO2S/c1-9(2)10-3-5-11(6-4-10)13-16(14,15)12-7-8-12/h9-13H,3-8H2,1-2H3. The van der Waals surface area contributed by atoms with Crippen LogP contribution in [0.25, 0.3) is 0 Å². The first-order valence-corrected chi connectivity index (χ1v) is 8.05. The van der Waals surface area contributed by atoms with E-state index in [0.717, 1.165) is 37.5 Å². The number of rotatable bonds is 4. The van der Waals surface area contributed by atoms with Gasteiger partial charge in [0.05, 0.1) is 5.25 Å². The van der Waals surface area contributed by atoms with Gasteiger partial charge in [-0.15, -0.1) is 0 Å². The minimum absolute atomic E-state index is 0.0738. The predicted molar refractivity (Wildman–Crippen MR) is 65.7 cm³/mol. The van der Waals surface area contributed by atoms with Crippen molar-refractivity contribution >= 4 is 10.0 Å². The van der Waals surface area contributed by atoms with Crippen LogP contribution in [0.2, 0.25) is 0 Å². The lowest BCUT2D eigenvalue weighted by molar-refractivity contribution is 0.252. The van der Waals surface area contributed by atoms with Gasteiger partial charge in [0.25, 0.3) is 0 Å². The summed E-state index contributed by atoms with van der Waals surface area (Å²) < 4.78 is 26.4. The molecule has 1 N–H and O–H groups in total. The molecule has 0 bridgehead atoms. The SMILES string of the molecule is CC(C)C1CCC(NS(=O)(=O)C2CC2)CC1. The lowest BCUT2D eigenvalue weighted by Gasteiger charge is -2.31. The minimum Gasteiger partial charge on any atom is -0.212 e. The van der Waals surface area contributed by atoms with Crippen LogP contribution in [0.3, 0.4) is 0 Å². The highest BCUT2D eigenvalue weighted by Crippen LogP contribution is 2.32. The van der Waals surface area contributed by atoms with Crippen molar-refractivity contribution < 1.29 is 8.42 Å². The second kappa shape index (κ2) is 4.65. The Morgan fingerprint density at radius 1 is 1.00 bits per heavy atom. The Hall–Kier alpha value is -0.0900. The highest BCUT2D eigenvalue weighted by atomic mass is 32.2. The van der Waals surface area contributed by atoms with E-state index in [1.807, 2.05) is 0 Å². The van der Waals surface area contributed by atoms with Crippen molar-refractivity contribution in [1.29, 1.82) is 0 Å². The number of sulfonamides is 1. The lowest BCUT2D eigenvalue weighted by atomic mass is 9.80. The van der Waals surface area contributed by atoms with Crippen molar-refractivity contribution in [3.8, 4) is 0 Å². The van der Waals surface area contributed by atoms with Crippen LogP contribution in [0.15, 0.2) is 0 Å². The molecule has 4 heteroatoms. The summed E-state index contributed by atoms with van der Waals surface area (Å²) in [6.07, 6.45) is 6.11. The first-order chi connectivity index (χ1) is 7.49. The summed E-state index contributed by atoms with van der Waals surface area (Å²) in [5.41, 5.74) is 0. The van der Waals surface area contributed by atoms with E-state index in [1.165, 1.54) is 12.8 Å². The highest BCUT2D eigenvalue weighted by molar-refractivity contribution is 7.90. The van der Waals surface area contributed by atoms with Gasteiger partial charge < -0.3 is 0 Å². The van der Waals surface area contributed by atoms with Gasteiger partial charge in [0.15, 0.2) is 0 Å². The van der Waals surface area contributed by atoms with Gasteiger partial charge in [-0.1, -0.05) is 13.8 Å². The summed E-state index contributed by atoms with van der Waals surface area (Å²) in [6, 6.07) is 0.209. The second-order valence-electron chi connectivity index (χ2n) is 5.72. The van der Waals surface area contributed by atoms with Gasteiger partial charge in [0.2, 0.25) is 10.0 Å². The van der Waals surface area contributed by atoms with Gasteiger partial charge in [-0.25, -0.2) is 13.1 Å². The maximum absolute atomic E-state index is 11.8. The molecular formula is C12H23NO2S. The molecule has 0 aromatic heterocycles. The van der Waals surface area contributed by atoms with E-state index in [4.69, 9.17) is 0 Å². The van der Waals surface area contributed by atoms with Gasteiger partial charge in [-0.2, -0.15) is 0 Å². The molecule has 94 valence electrons. The fraction of sp³-hybridized carbons (Fsp3) is 1.00. The van der Waals surface area contributed by atoms with Crippen LogP contribution in [0, 0.1) is 11.8 Å². The third-order valence-electron chi connectivity index (χ3n) is 4.01. The Bertz CT molecular complexity index is 325. The summed E-state index contributed by atoms with van der Waals surface area (Å²) in [7, 11) is -2.97. The number of nitrogens with one attached hydrogen (secondary N) is 1. The zero-order valence-corrected chi connectivity index (χ0v) is 11.1. The molecule has 0 aromatic carbocycles. The molecule has 2 aliphatic carbocycles. The quantitative estimate of drug-likeness (QED) is 0.826. The fourth-order valence-corrected chi connectivity index (χ4v) is 4.26. The first kappa shape index (κ1) is 12.4. The molecule has 0 atom stereocenters. The lowest BCUT2D eigenvalue weighted by Crippen LogP contribution is -2.39. The summed E-state index contributed by atoms with van der Waals surface area (Å²) in [6.45, 7) is 4.53. The van der Waals surface area contributed by atoms with Crippen LogP contribution < -0.4 is 4.72 Å². The molecule has 2 rings (SSSR count). The Balaban J connectivity index is 1.81. The smallest absolute Gasteiger partial charge is 0.212 e. The van der Waals surface area contributed by atoms with Crippen LogP contribution in [-0.2, 0) is 10.0 Å². The molecule has 0 aromatic rings. The molecule has 2 fully saturated rings. The van der Waals surface area contributed by atoms with E-state index >= 15 is 0 Å². The average Bonchev–Trinajstić information content (AvgIpc) is 3.01. The molecule has 0 spiro atoms. The van der Waals surface area contributed by atoms with Crippen LogP contribution in [0.1, 0.15) is 52.4 Å². The fourth-order valence-electron chi connectivity index (χ4n) is 2.61. The topological polar surface area (TPSA) is 46.2 Å². The molecule has 0 radical (unpaired) electrons. The van der Waals surface area contributed by atoms with Gasteiger partial charge in [-0.05, 0) is 50.4 Å². The van der Waals surface area contributed by atoms with E-state index in [2.05, 4.69) is 18.6 Å². The van der Waals surface area contributed by atoms with Gasteiger partial charge in [0.1, 0.15) is 0 Å². The van der Waals surface area contributed by atoms with E-state index in [-0.39, 0.29) is 11.3 Å². The van der Waals surface area contributed by atoms with E-state index < -0.39 is 10.0 Å². The third kappa shape index (κ3) is 2.98. The Labute approximate surface area is 99.1 Å². The van der Waals surface area contributed by atoms with Crippen LogP contribution in [-0.4, -0.2) is 19.7 Å². The second-order valence-corrected chi connectivity index (χ2v) is 7.71. The molecule has 0 aliphatic heterocycles. The summed E-state index contributed by atoms with van der Waals surface area (Å²) >= 11 is 0. The maximum atomic E-state index is 11.8. The van der Waals surface area contributed by atoms with Crippen molar-refractivity contribution in [2.75, 3.05) is 0 Å². The molecule has 0 amide bonds. The molecule has 3 nitrogen and oxygen atoms in total. The number of hydrogen-bond donors (Lipinski definition) is 1. The van der Waals surface area contributed by atoms with Crippen LogP contribution >= 0.6 is 0 Å². The molecule has 16 heavy (non-hydrogen) atoms. The van der Waals surface area contributed by atoms with Crippen molar-refractivity contribution in [2.45, 2.75) is 63.7 Å². The van der Waals surface area contributed by atoms with E-state index in [1.54, 1.807) is 0 Å². The van der Waals surface area contributed by atoms with E-state index in [0.29, 0.717) is 0 Å². The van der Waals surface area contributed by atoms with Gasteiger partial charge >= 0.3 is 0 Å². The van der Waals surface area contributed by atoms with Crippen LogP contribution in [0.5, 0.6) is 0 Å². The van der Waals surface area contributed by atoms with E-state index in [9.17, 15) is 8.42 Å². The molecule has 0 saturated heterocycles. The van der Waals surface area contributed by atoms with Crippen molar-refractivity contribution in [3.05, 3.63) is 0 Å². The largest absolute Gasteiger partial charge is 0.214 e. The average molecular weight is 245 g/mol. The zero-order chi connectivity index (χ0) is 11.8. The Morgan fingerprint density at radius 3 is 2.00 bits per heavy atom. The normalized spacial score (nSPS) is 31.9. The number of hydrogen-bond acceptors (Lipinski definition) is 2. The minimum atomic E-state index is -2.97. The molecule has 0 heterocycles. The van der Waals surface area contributed by atoms with Crippen molar-refractivity contribution in [3.63, 3.8) is 0 Å². The summed E-state index contributed by atoms with van der Waals surface area (Å²) in [5, 5.41) is -0.0738. The van der Waals surface area contributed by atoms with Crippen molar-refractivity contribution in [1.82, 2.24) is 4.72 Å². The molecule has 0 unspecified atom stereocenters. The van der Waals surface area contributed by atoms with Crippen molar-refractivity contribution in [2.24, 2.45) is 11.8 Å². The Morgan fingerprint density at radius 2 is 1.56 bits per heavy atom. The zero-order valence-electron chi connectivity index (χ0n) is 10.3. The molecule has 2 saturated carbocycles. The summed E-state index contributed by atoms with van der Waals surface area (Å²) in [4.78, 5) is 0. The first-order valence-electron chi connectivity index (χ1n) is 6.50. The van der Waals surface area contributed by atoms with Gasteiger partial charge in [0, 0.05) is 6.04 Å². The summed E-state index contributed by atoms with van der Waals surface area (Å²) in [5.74, 6) is 1.53. The Kier molecular flexibility index (Phi) is 3.59. The monoisotopic (exact) mass is 245 g/mol. The van der Waals surface area contributed by atoms with Crippen LogP contribution in [0.4, 0.5) is 0 Å².